The van der Waals surface area contributed by atoms with Gasteiger partial charge in [-0.15, -0.1) is 0 Å². The molecule has 4 N–H and O–H groups in total. The van der Waals surface area contributed by atoms with Gasteiger partial charge in [0, 0.05) is 94.5 Å². The molecule has 1 aliphatic carbocycles. The van der Waals surface area contributed by atoms with Crippen LogP contribution in [-0.4, -0.2) is 124 Å². The number of aryl methyl sites for hydroxylation is 1. The number of halogens is 3. The highest BCUT2D eigenvalue weighted by Gasteiger charge is 2.72. The molecule has 338 valence electrons. The van der Waals surface area contributed by atoms with Gasteiger partial charge in [-0.25, -0.2) is 9.18 Å². The fourth-order valence-corrected chi connectivity index (χ4v) is 12.3. The SMILES string of the molecule is Cn1c(=O)n(C2CCC(=O)NC2=O)c2ccc(CCN3CCN(CCN4CC(NC(=O)[C@@H]5NC6(CCCCC6)[C@@]6(C(=O)Nc7cc(Cl)ccc76)[C@H]5c5cccc(Cl)c5F)C4)CC3)cc21. The lowest BCUT2D eigenvalue weighted by Gasteiger charge is -2.47. The number of likely N-dealkylation sites (tertiary alicyclic amines) is 1. The first-order chi connectivity index (χ1) is 30.9. The highest BCUT2D eigenvalue weighted by Crippen LogP contribution is 2.62. The normalized spacial score (nSPS) is 26.4. The van der Waals surface area contributed by atoms with Crippen molar-refractivity contribution >= 4 is 63.6 Å². The van der Waals surface area contributed by atoms with Crippen LogP contribution in [0.15, 0.2) is 59.4 Å². The number of hydrogen-bond acceptors (Lipinski definition) is 9. The van der Waals surface area contributed by atoms with Crippen LogP contribution in [0.25, 0.3) is 11.0 Å². The first kappa shape index (κ1) is 43.3. The second-order valence-corrected chi connectivity index (χ2v) is 19.6. The molecule has 0 radical (unpaired) electrons. The number of fused-ring (bicyclic) bond motifs is 4. The number of nitrogens with zero attached hydrogens (tertiary/aromatic N) is 5. The van der Waals surface area contributed by atoms with Gasteiger partial charge in [-0.2, -0.15) is 0 Å². The molecule has 0 bridgehead atoms. The van der Waals surface area contributed by atoms with Crippen LogP contribution in [0.2, 0.25) is 10.0 Å². The van der Waals surface area contributed by atoms with Crippen molar-refractivity contribution in [3.63, 3.8) is 0 Å². The molecule has 1 saturated carbocycles. The number of rotatable bonds is 10. The maximum absolute atomic E-state index is 16.3. The van der Waals surface area contributed by atoms with Crippen LogP contribution >= 0.6 is 23.2 Å². The summed E-state index contributed by atoms with van der Waals surface area (Å²) in [4.78, 5) is 74.0. The van der Waals surface area contributed by atoms with E-state index < -0.39 is 40.7 Å². The molecule has 4 saturated heterocycles. The predicted molar refractivity (Wildman–Crippen MR) is 242 cm³/mol. The Labute approximate surface area is 380 Å². The lowest BCUT2D eigenvalue weighted by atomic mass is 9.55. The maximum atomic E-state index is 16.3. The minimum absolute atomic E-state index is 0.0483. The second kappa shape index (κ2) is 17.0. The summed E-state index contributed by atoms with van der Waals surface area (Å²) in [5, 5.41) is 12.9. The molecule has 2 spiro atoms. The Bertz CT molecular complexity index is 2600. The third-order valence-corrected chi connectivity index (χ3v) is 15.7. The molecule has 5 aliphatic heterocycles. The molecule has 5 fully saturated rings. The van der Waals surface area contributed by atoms with E-state index in [-0.39, 0.29) is 46.5 Å². The number of piperidine rings is 1. The first-order valence-corrected chi connectivity index (χ1v) is 23.5. The summed E-state index contributed by atoms with van der Waals surface area (Å²) in [7, 11) is 1.72. The number of piperazine rings is 1. The molecule has 1 aromatic heterocycles. The van der Waals surface area contributed by atoms with Crippen molar-refractivity contribution in [3.8, 4) is 0 Å². The van der Waals surface area contributed by atoms with Crippen molar-refractivity contribution in [2.45, 2.75) is 86.4 Å². The van der Waals surface area contributed by atoms with Crippen molar-refractivity contribution in [2.75, 3.05) is 64.2 Å². The third-order valence-electron chi connectivity index (χ3n) is 15.2. The Morgan fingerprint density at radius 1 is 0.859 bits per heavy atom. The number of amides is 4. The predicted octanol–water partition coefficient (Wildman–Crippen LogP) is 4.07. The van der Waals surface area contributed by atoms with Crippen LogP contribution < -0.4 is 27.0 Å². The number of nitrogens with one attached hydrogen (secondary N) is 4. The quantitative estimate of drug-likeness (QED) is 0.173. The summed E-state index contributed by atoms with van der Waals surface area (Å²) in [5.74, 6) is -2.70. The summed E-state index contributed by atoms with van der Waals surface area (Å²) in [6.07, 6.45) is 5.46. The Morgan fingerprint density at radius 2 is 1.59 bits per heavy atom. The minimum Gasteiger partial charge on any atom is -0.349 e. The van der Waals surface area contributed by atoms with E-state index in [1.165, 1.54) is 10.6 Å². The molecule has 6 heterocycles. The minimum atomic E-state index is -1.26. The second-order valence-electron chi connectivity index (χ2n) is 18.7. The number of hydrogen-bond donors (Lipinski definition) is 4. The zero-order valence-electron chi connectivity index (χ0n) is 35.9. The van der Waals surface area contributed by atoms with Gasteiger partial charge in [0.25, 0.3) is 0 Å². The van der Waals surface area contributed by atoms with Crippen LogP contribution in [0.3, 0.4) is 0 Å². The topological polar surface area (TPSA) is 153 Å². The monoisotopic (exact) mass is 913 g/mol. The van der Waals surface area contributed by atoms with Gasteiger partial charge in [0.2, 0.25) is 23.6 Å². The standard InChI is InChI=1S/C47H54Cl2FN9O5/c1-55-37-24-28(8-11-35(37)59(45(55)64)36-12-13-38(60)53-42(36)61)14-17-56-18-20-57(21-19-56)22-23-58-26-30(27-58)51-43(62)41-39(31-6-5-7-33(49)40(31)50)47(46(54-41)15-3-2-4-16-46)32-10-9-29(48)25-34(32)52-44(47)63/h5-11,24-25,30,36,39,41,54H,2-4,12-23,26-27H2,1H3,(H,51,62)(H,52,63)(H,53,60,61)/t36?,39-,41+,47+/m0/s1. The molecule has 3 aromatic carbocycles. The molecule has 17 heteroatoms. The van der Waals surface area contributed by atoms with Crippen molar-refractivity contribution in [3.05, 3.63) is 97.6 Å². The molecule has 4 atom stereocenters. The van der Waals surface area contributed by atoms with Gasteiger partial charge in [-0.3, -0.25) is 48.7 Å². The Hall–Kier alpha value is -4.64. The Kier molecular flexibility index (Phi) is 11.5. The van der Waals surface area contributed by atoms with Gasteiger partial charge >= 0.3 is 5.69 Å². The van der Waals surface area contributed by atoms with E-state index in [1.807, 2.05) is 24.3 Å². The number of imide groups is 1. The van der Waals surface area contributed by atoms with Gasteiger partial charge in [-0.05, 0) is 72.7 Å². The van der Waals surface area contributed by atoms with Gasteiger partial charge in [0.15, 0.2) is 0 Å². The number of carbonyl (C=O) groups excluding carboxylic acids is 4. The molecule has 14 nitrogen and oxygen atoms in total. The van der Waals surface area contributed by atoms with E-state index in [1.54, 1.807) is 35.9 Å². The molecular weight excluding hydrogens is 860 g/mol. The lowest BCUT2D eigenvalue weighted by Crippen LogP contribution is -2.63. The molecular formula is C47H54Cl2FN9O5. The molecule has 1 unspecified atom stereocenters. The number of imidazole rings is 1. The van der Waals surface area contributed by atoms with Crippen LogP contribution in [0.4, 0.5) is 10.1 Å². The molecule has 4 amide bonds. The average molecular weight is 915 g/mol. The third kappa shape index (κ3) is 7.27. The summed E-state index contributed by atoms with van der Waals surface area (Å²) in [5.41, 5.74) is 1.86. The van der Waals surface area contributed by atoms with E-state index in [0.717, 1.165) is 88.1 Å². The van der Waals surface area contributed by atoms with E-state index in [9.17, 15) is 24.0 Å². The molecule has 10 rings (SSSR count). The van der Waals surface area contributed by atoms with Crippen LogP contribution in [0.5, 0.6) is 0 Å². The fraction of sp³-hybridized carbons (Fsp3) is 0.511. The van der Waals surface area contributed by atoms with Crippen molar-refractivity contribution in [1.29, 1.82) is 0 Å². The number of benzene rings is 3. The Morgan fingerprint density at radius 3 is 2.34 bits per heavy atom. The number of anilines is 1. The van der Waals surface area contributed by atoms with E-state index in [0.29, 0.717) is 48.6 Å². The van der Waals surface area contributed by atoms with E-state index >= 15 is 4.39 Å². The summed E-state index contributed by atoms with van der Waals surface area (Å²) < 4.78 is 19.4. The molecule has 64 heavy (non-hydrogen) atoms. The highest BCUT2D eigenvalue weighted by molar-refractivity contribution is 6.31. The average Bonchev–Trinajstić information content (AvgIpc) is 3.82. The molecule has 6 aliphatic rings. The summed E-state index contributed by atoms with van der Waals surface area (Å²) in [6.45, 7) is 7.93. The zero-order valence-corrected chi connectivity index (χ0v) is 37.4. The van der Waals surface area contributed by atoms with Crippen molar-refractivity contribution in [2.24, 2.45) is 7.05 Å². The van der Waals surface area contributed by atoms with Crippen molar-refractivity contribution < 1.29 is 23.6 Å². The number of carbonyl (C=O) groups is 4. The maximum Gasteiger partial charge on any atom is 0.329 e. The first-order valence-electron chi connectivity index (χ1n) is 22.7. The van der Waals surface area contributed by atoms with E-state index in [2.05, 4.69) is 36.0 Å². The zero-order chi connectivity index (χ0) is 44.5. The Balaban J connectivity index is 0.742. The molecule has 4 aromatic rings. The summed E-state index contributed by atoms with van der Waals surface area (Å²) >= 11 is 12.8. The smallest absolute Gasteiger partial charge is 0.329 e. The summed E-state index contributed by atoms with van der Waals surface area (Å²) in [6, 6.07) is 14.6. The largest absolute Gasteiger partial charge is 0.349 e. The van der Waals surface area contributed by atoms with Gasteiger partial charge in [0.05, 0.1) is 28.1 Å². The highest BCUT2D eigenvalue weighted by atomic mass is 35.5. The van der Waals surface area contributed by atoms with Gasteiger partial charge in [0.1, 0.15) is 17.3 Å². The van der Waals surface area contributed by atoms with Crippen LogP contribution in [0.1, 0.15) is 73.6 Å². The van der Waals surface area contributed by atoms with E-state index in [4.69, 9.17) is 23.2 Å². The lowest BCUT2D eigenvalue weighted by molar-refractivity contribution is -0.136. The van der Waals surface area contributed by atoms with Crippen LogP contribution in [-0.2, 0) is 38.1 Å². The van der Waals surface area contributed by atoms with Crippen molar-refractivity contribution in [1.82, 2.24) is 39.8 Å². The van der Waals surface area contributed by atoms with Crippen LogP contribution in [0, 0.1) is 5.82 Å². The van der Waals surface area contributed by atoms with Gasteiger partial charge < -0.3 is 15.5 Å². The fourth-order valence-electron chi connectivity index (χ4n) is 12.0. The number of aromatic nitrogens is 2. The van der Waals surface area contributed by atoms with Gasteiger partial charge in [-0.1, -0.05) is 66.7 Å².